The second-order valence-corrected chi connectivity index (χ2v) is 9.29. The first-order chi connectivity index (χ1) is 11.2. The van der Waals surface area contributed by atoms with Crippen molar-refractivity contribution in [2.24, 2.45) is 22.4 Å². The van der Waals surface area contributed by atoms with E-state index in [-0.39, 0.29) is 5.41 Å². The van der Waals surface area contributed by atoms with Gasteiger partial charge in [0.15, 0.2) is 0 Å². The van der Waals surface area contributed by atoms with E-state index in [9.17, 15) is 10.5 Å². The molecule has 2 aliphatic heterocycles. The van der Waals surface area contributed by atoms with Crippen molar-refractivity contribution in [1.82, 2.24) is 9.91 Å². The van der Waals surface area contributed by atoms with Crippen LogP contribution < -0.4 is 0 Å². The van der Waals surface area contributed by atoms with Crippen LogP contribution in [0.3, 0.4) is 0 Å². The van der Waals surface area contributed by atoms with Crippen LogP contribution in [0.4, 0.5) is 0 Å². The van der Waals surface area contributed by atoms with Gasteiger partial charge >= 0.3 is 0 Å². The van der Waals surface area contributed by atoms with Crippen molar-refractivity contribution in [3.63, 3.8) is 0 Å². The zero-order chi connectivity index (χ0) is 18.1. The zero-order valence-electron chi connectivity index (χ0n) is 15.2. The highest BCUT2D eigenvalue weighted by Crippen LogP contribution is 2.74. The van der Waals surface area contributed by atoms with E-state index in [1.54, 1.807) is 23.5 Å². The Bertz CT molecular complexity index is 725. The summed E-state index contributed by atoms with van der Waals surface area (Å²) in [6.45, 7) is 6.62. The summed E-state index contributed by atoms with van der Waals surface area (Å²) in [5.74, 6) is 0.737. The van der Waals surface area contributed by atoms with Crippen LogP contribution in [0.2, 0.25) is 0 Å². The lowest BCUT2D eigenvalue weighted by atomic mass is 9.96. The van der Waals surface area contributed by atoms with Gasteiger partial charge < -0.3 is 4.90 Å². The maximum atomic E-state index is 10.0. The monoisotopic (exact) mass is 361 g/mol. The Balaban J connectivity index is 2.35. The second kappa shape index (κ2) is 5.09. The van der Waals surface area contributed by atoms with E-state index in [1.807, 2.05) is 30.3 Å². The fourth-order valence-electron chi connectivity index (χ4n) is 4.87. The molecule has 3 rings (SSSR count). The number of hydrogen-bond donors (Lipinski definition) is 0. The van der Waals surface area contributed by atoms with Crippen LogP contribution in [0.1, 0.15) is 20.8 Å². The molecule has 24 heavy (non-hydrogen) atoms. The van der Waals surface area contributed by atoms with Crippen molar-refractivity contribution >= 4 is 28.6 Å². The van der Waals surface area contributed by atoms with E-state index in [1.165, 1.54) is 0 Å². The molecule has 128 valence electrons. The summed E-state index contributed by atoms with van der Waals surface area (Å²) >= 11 is 3.35. The molecule has 2 heterocycles. The van der Waals surface area contributed by atoms with Crippen LogP contribution in [-0.2, 0) is 0 Å². The number of hydrogen-bond acceptors (Lipinski definition) is 7. The minimum Gasteiger partial charge on any atom is -0.377 e. The van der Waals surface area contributed by atoms with Gasteiger partial charge in [0.2, 0.25) is 0 Å². The lowest BCUT2D eigenvalue weighted by molar-refractivity contribution is 0.132. The third-order valence-corrected chi connectivity index (χ3v) is 7.98. The van der Waals surface area contributed by atoms with Crippen molar-refractivity contribution < 1.29 is 0 Å². The van der Waals surface area contributed by atoms with Crippen LogP contribution in [0, 0.1) is 39.9 Å². The average Bonchev–Trinajstić information content (AvgIpc) is 3.05. The van der Waals surface area contributed by atoms with Gasteiger partial charge in [-0.25, -0.2) is 5.01 Å². The highest BCUT2D eigenvalue weighted by Gasteiger charge is 2.78. The summed E-state index contributed by atoms with van der Waals surface area (Å²) in [6, 6.07) is 4.59. The molecule has 0 radical (unpaired) electrons. The summed E-state index contributed by atoms with van der Waals surface area (Å²) in [7, 11) is 3.81. The summed E-state index contributed by atoms with van der Waals surface area (Å²) in [6.07, 6.45) is 4.10. The minimum atomic E-state index is -1.37. The summed E-state index contributed by atoms with van der Waals surface area (Å²) < 4.78 is 0. The molecule has 3 aliphatic rings. The molecule has 0 N–H and O–H groups in total. The highest BCUT2D eigenvalue weighted by molar-refractivity contribution is 8.13. The molecule has 7 heteroatoms. The molecule has 0 aromatic heterocycles. The van der Waals surface area contributed by atoms with Gasteiger partial charge in [-0.2, -0.15) is 15.6 Å². The van der Waals surface area contributed by atoms with Gasteiger partial charge in [-0.3, -0.25) is 0 Å². The molecule has 3 atom stereocenters. The first kappa shape index (κ1) is 17.5. The fourth-order valence-corrected chi connectivity index (χ4v) is 7.18. The third kappa shape index (κ3) is 1.65. The van der Waals surface area contributed by atoms with Crippen LogP contribution in [0.25, 0.3) is 0 Å². The number of fused-ring (bicyclic) bond motifs is 3. The fraction of sp³-hybridized carbons (Fsp3) is 0.706. The molecule has 1 aliphatic carbocycles. The Morgan fingerprint density at radius 3 is 2.21 bits per heavy atom. The molecule has 5 nitrogen and oxygen atoms in total. The van der Waals surface area contributed by atoms with Crippen molar-refractivity contribution in [2.45, 2.75) is 31.2 Å². The van der Waals surface area contributed by atoms with Gasteiger partial charge in [-0.1, -0.05) is 13.8 Å². The molecule has 1 fully saturated rings. The van der Waals surface area contributed by atoms with Gasteiger partial charge in [-0.05, 0) is 30.4 Å². The predicted molar refractivity (Wildman–Crippen MR) is 100 cm³/mol. The van der Waals surface area contributed by atoms with Gasteiger partial charge in [-0.15, -0.1) is 23.5 Å². The largest absolute Gasteiger partial charge is 0.377 e. The van der Waals surface area contributed by atoms with Crippen LogP contribution >= 0.6 is 23.5 Å². The van der Waals surface area contributed by atoms with Crippen LogP contribution in [-0.4, -0.2) is 52.0 Å². The van der Waals surface area contributed by atoms with Crippen LogP contribution in [0.5, 0.6) is 0 Å². The number of nitrogens with zero attached hydrogens (tertiary/aromatic N) is 5. The lowest BCUT2D eigenvalue weighted by Crippen LogP contribution is -2.55. The number of hydrazone groups is 1. The molecule has 0 aromatic carbocycles. The van der Waals surface area contributed by atoms with Gasteiger partial charge in [0.1, 0.15) is 17.0 Å². The molecule has 0 spiro atoms. The van der Waals surface area contributed by atoms with Crippen molar-refractivity contribution in [1.29, 1.82) is 10.5 Å². The molecule has 0 amide bonds. The average molecular weight is 362 g/mol. The molecule has 1 saturated carbocycles. The van der Waals surface area contributed by atoms with Gasteiger partial charge in [0, 0.05) is 25.9 Å². The Hall–Kier alpha value is -1.31. The topological polar surface area (TPSA) is 66.4 Å². The van der Waals surface area contributed by atoms with E-state index in [0.29, 0.717) is 11.8 Å². The second-order valence-electron chi connectivity index (χ2n) is 7.43. The van der Waals surface area contributed by atoms with Gasteiger partial charge in [0.25, 0.3) is 5.54 Å². The smallest absolute Gasteiger partial charge is 0.271 e. The number of nitriles is 2. The first-order valence-corrected chi connectivity index (χ1v) is 10.3. The summed E-state index contributed by atoms with van der Waals surface area (Å²) in [5.41, 5.74) is 0.600. The maximum absolute atomic E-state index is 10.0. The summed E-state index contributed by atoms with van der Waals surface area (Å²) in [4.78, 5) is 1.48. The van der Waals surface area contributed by atoms with Crippen molar-refractivity contribution in [2.75, 3.05) is 26.6 Å². The SMILES string of the molecule is CSC1=NN2C(C#N)(C#N)C(N(C)C)=C(C)[C@@]2(SC)[C@H]2[C@@H]1C2(C)C. The van der Waals surface area contributed by atoms with E-state index >= 15 is 0 Å². The zero-order valence-corrected chi connectivity index (χ0v) is 16.8. The number of rotatable bonds is 2. The highest BCUT2D eigenvalue weighted by atomic mass is 32.2. The van der Waals surface area contributed by atoms with E-state index in [2.05, 4.69) is 39.2 Å². The summed E-state index contributed by atoms with van der Waals surface area (Å²) in [5, 5.41) is 27.8. The molecule has 0 bridgehead atoms. The Labute approximate surface area is 152 Å². The Morgan fingerprint density at radius 1 is 1.21 bits per heavy atom. The molecular weight excluding hydrogens is 338 g/mol. The normalized spacial score (nSPS) is 34.7. The van der Waals surface area contributed by atoms with Crippen LogP contribution in [0.15, 0.2) is 16.4 Å². The standard InChI is InChI=1S/C17H23N5S2/c1-10-13(21(4)5)16(8-18,9-19)22-17(10,24-7)12-11(15(12,2)3)14(20-22)23-6/h11-12H,1-7H3/t11-,12-,17+/m0/s1. The van der Waals surface area contributed by atoms with E-state index in [0.717, 1.165) is 16.3 Å². The van der Waals surface area contributed by atoms with Crippen molar-refractivity contribution in [3.05, 3.63) is 11.3 Å². The first-order valence-electron chi connectivity index (χ1n) is 7.90. The molecule has 0 unspecified atom stereocenters. The predicted octanol–water partition coefficient (Wildman–Crippen LogP) is 2.95. The third-order valence-electron chi connectivity index (χ3n) is 5.87. The van der Waals surface area contributed by atoms with E-state index < -0.39 is 10.4 Å². The lowest BCUT2D eigenvalue weighted by Gasteiger charge is -2.43. The minimum absolute atomic E-state index is 0.110. The number of likely N-dealkylation sites (N-methyl/N-ethyl adjacent to an activating group) is 1. The molecular formula is C17H23N5S2. The quantitative estimate of drug-likeness (QED) is 0.753. The Kier molecular flexibility index (Phi) is 3.72. The van der Waals surface area contributed by atoms with Gasteiger partial charge in [0.05, 0.1) is 10.7 Å². The Morgan fingerprint density at radius 2 is 1.79 bits per heavy atom. The van der Waals surface area contributed by atoms with Crippen molar-refractivity contribution in [3.8, 4) is 12.1 Å². The molecule has 0 aromatic rings. The molecule has 0 saturated heterocycles. The van der Waals surface area contributed by atoms with E-state index in [4.69, 9.17) is 5.10 Å². The number of thioether (sulfide) groups is 2. The maximum Gasteiger partial charge on any atom is 0.271 e.